The highest BCUT2D eigenvalue weighted by Gasteiger charge is 2.23. The monoisotopic (exact) mass is 303 g/mol. The van der Waals surface area contributed by atoms with E-state index < -0.39 is 10.0 Å². The van der Waals surface area contributed by atoms with E-state index in [0.29, 0.717) is 11.4 Å². The van der Waals surface area contributed by atoms with Crippen LogP contribution in [0.1, 0.15) is 11.1 Å². The molecule has 0 saturated carbocycles. The zero-order chi connectivity index (χ0) is 15.0. The van der Waals surface area contributed by atoms with Crippen molar-refractivity contribution >= 4 is 21.4 Å². The molecular weight excluding hydrogens is 286 g/mol. The fraction of sp³-hybridized carbons (Fsp3) is 0.200. The zero-order valence-electron chi connectivity index (χ0n) is 11.4. The second-order valence-electron chi connectivity index (χ2n) is 5.32. The van der Waals surface area contributed by atoms with E-state index in [0.717, 1.165) is 12.8 Å². The summed E-state index contributed by atoms with van der Waals surface area (Å²) in [7, 11) is -3.81. The summed E-state index contributed by atoms with van der Waals surface area (Å²) >= 11 is 0. The summed E-state index contributed by atoms with van der Waals surface area (Å²) < 4.78 is 23.4. The van der Waals surface area contributed by atoms with Crippen molar-refractivity contribution in [1.82, 2.24) is 0 Å². The van der Waals surface area contributed by atoms with Crippen LogP contribution in [0.15, 0.2) is 47.4 Å². The molecule has 2 aromatic carbocycles. The van der Waals surface area contributed by atoms with Gasteiger partial charge in [0.15, 0.2) is 0 Å². The van der Waals surface area contributed by atoms with Crippen LogP contribution in [0.5, 0.6) is 0 Å². The molecule has 2 aromatic rings. The van der Waals surface area contributed by atoms with Gasteiger partial charge in [0.25, 0.3) is 0 Å². The fourth-order valence-electron chi connectivity index (χ4n) is 2.77. The van der Waals surface area contributed by atoms with Gasteiger partial charge in [0.05, 0.1) is 5.69 Å². The van der Waals surface area contributed by atoms with Crippen molar-refractivity contribution in [3.8, 4) is 0 Å². The Kier molecular flexibility index (Phi) is 3.35. The van der Waals surface area contributed by atoms with Gasteiger partial charge >= 0.3 is 0 Å². The first-order chi connectivity index (χ1) is 9.93. The Hall–Kier alpha value is -2.05. The minimum absolute atomic E-state index is 0.0402. The molecule has 0 radical (unpaired) electrons. The molecule has 0 bridgehead atoms. The fourth-order valence-corrected chi connectivity index (χ4v) is 3.51. The molecular formula is C15H17N3O2S. The van der Waals surface area contributed by atoms with Crippen LogP contribution >= 0.6 is 0 Å². The quantitative estimate of drug-likeness (QED) is 0.748. The van der Waals surface area contributed by atoms with Crippen LogP contribution in [0, 0.1) is 0 Å². The molecule has 0 aliphatic heterocycles. The molecule has 6 heteroatoms. The molecule has 1 aliphatic carbocycles. The van der Waals surface area contributed by atoms with Gasteiger partial charge in [0, 0.05) is 11.7 Å². The normalized spacial score (nSPS) is 14.9. The molecule has 5 N–H and O–H groups in total. The van der Waals surface area contributed by atoms with Gasteiger partial charge in [-0.2, -0.15) is 0 Å². The van der Waals surface area contributed by atoms with Crippen molar-refractivity contribution < 1.29 is 8.42 Å². The van der Waals surface area contributed by atoms with Crippen LogP contribution in [-0.2, 0) is 22.9 Å². The topological polar surface area (TPSA) is 98.2 Å². The number of nitrogen functional groups attached to an aromatic ring is 1. The molecule has 0 atom stereocenters. The van der Waals surface area contributed by atoms with Crippen LogP contribution in [-0.4, -0.2) is 14.5 Å². The third kappa shape index (κ3) is 2.86. The average molecular weight is 303 g/mol. The van der Waals surface area contributed by atoms with Gasteiger partial charge in [0.2, 0.25) is 10.0 Å². The van der Waals surface area contributed by atoms with E-state index in [2.05, 4.69) is 17.4 Å². The van der Waals surface area contributed by atoms with E-state index in [9.17, 15) is 8.42 Å². The molecule has 110 valence electrons. The van der Waals surface area contributed by atoms with Crippen molar-refractivity contribution in [2.45, 2.75) is 23.8 Å². The van der Waals surface area contributed by atoms with E-state index >= 15 is 0 Å². The van der Waals surface area contributed by atoms with Gasteiger partial charge in [-0.1, -0.05) is 24.3 Å². The van der Waals surface area contributed by atoms with Crippen LogP contribution in [0.4, 0.5) is 11.4 Å². The predicted molar refractivity (Wildman–Crippen MR) is 83.5 cm³/mol. The molecule has 0 spiro atoms. The van der Waals surface area contributed by atoms with Gasteiger partial charge in [-0.15, -0.1) is 0 Å². The van der Waals surface area contributed by atoms with Crippen molar-refractivity contribution in [3.05, 3.63) is 53.6 Å². The lowest BCUT2D eigenvalue weighted by Gasteiger charge is -2.16. The first-order valence-corrected chi connectivity index (χ1v) is 8.24. The Morgan fingerprint density at radius 1 is 1.05 bits per heavy atom. The second kappa shape index (κ2) is 5.05. The number of nitrogens with two attached hydrogens (primary N) is 2. The lowest BCUT2D eigenvalue weighted by atomic mass is 10.1. The number of anilines is 2. The molecule has 0 saturated heterocycles. The first kappa shape index (κ1) is 13.9. The van der Waals surface area contributed by atoms with E-state index in [1.54, 1.807) is 12.1 Å². The maximum Gasteiger partial charge on any atom is 0.240 e. The lowest BCUT2D eigenvalue weighted by molar-refractivity contribution is 0.598. The molecule has 0 heterocycles. The van der Waals surface area contributed by atoms with Crippen molar-refractivity contribution in [3.63, 3.8) is 0 Å². The highest BCUT2D eigenvalue weighted by atomic mass is 32.2. The zero-order valence-corrected chi connectivity index (χ0v) is 12.2. The van der Waals surface area contributed by atoms with E-state index in [-0.39, 0.29) is 10.9 Å². The molecule has 0 unspecified atom stereocenters. The van der Waals surface area contributed by atoms with Crippen LogP contribution in [0.3, 0.4) is 0 Å². The summed E-state index contributed by atoms with van der Waals surface area (Å²) in [6, 6.07) is 13.1. The van der Waals surface area contributed by atoms with Gasteiger partial charge in [-0.3, -0.25) is 0 Å². The second-order valence-corrected chi connectivity index (χ2v) is 6.85. The minimum atomic E-state index is -3.81. The lowest BCUT2D eigenvalue weighted by Crippen LogP contribution is -2.22. The Labute approximate surface area is 124 Å². The minimum Gasteiger partial charge on any atom is -0.399 e. The van der Waals surface area contributed by atoms with Crippen LogP contribution in [0.25, 0.3) is 0 Å². The Bertz CT molecular complexity index is 762. The van der Waals surface area contributed by atoms with Crippen molar-refractivity contribution in [2.75, 3.05) is 11.1 Å². The number of primary sulfonamides is 1. The van der Waals surface area contributed by atoms with Gasteiger partial charge in [-0.05, 0) is 42.2 Å². The summed E-state index contributed by atoms with van der Waals surface area (Å²) in [6.45, 7) is 0. The third-order valence-electron chi connectivity index (χ3n) is 3.72. The average Bonchev–Trinajstić information content (AvgIpc) is 2.82. The maximum absolute atomic E-state index is 11.7. The van der Waals surface area contributed by atoms with Crippen LogP contribution < -0.4 is 16.2 Å². The molecule has 5 nitrogen and oxygen atoms in total. The Balaban J connectivity index is 1.87. The van der Waals surface area contributed by atoms with Gasteiger partial charge < -0.3 is 11.1 Å². The number of fused-ring (bicyclic) bond motifs is 1. The highest BCUT2D eigenvalue weighted by Crippen LogP contribution is 2.28. The number of rotatable bonds is 3. The molecule has 3 rings (SSSR count). The number of hydrogen-bond acceptors (Lipinski definition) is 4. The molecule has 1 aliphatic rings. The van der Waals surface area contributed by atoms with E-state index in [1.807, 2.05) is 12.1 Å². The summed E-state index contributed by atoms with van der Waals surface area (Å²) in [5, 5.41) is 8.54. The number of nitrogens with one attached hydrogen (secondary N) is 1. The van der Waals surface area contributed by atoms with Crippen molar-refractivity contribution in [1.29, 1.82) is 0 Å². The number of benzene rings is 2. The Morgan fingerprint density at radius 3 is 2.24 bits per heavy atom. The molecule has 0 amide bonds. The maximum atomic E-state index is 11.7. The number of hydrogen-bond donors (Lipinski definition) is 3. The predicted octanol–water partition coefficient (Wildman–Crippen LogP) is 1.50. The third-order valence-corrected chi connectivity index (χ3v) is 4.67. The summed E-state index contributed by atoms with van der Waals surface area (Å²) in [4.78, 5) is 0.0402. The van der Waals surface area contributed by atoms with Gasteiger partial charge in [0.1, 0.15) is 4.90 Å². The standard InChI is InChI=1S/C15H17N3O2S/c16-12-5-6-14(15(9-12)21(17,19)20)18-13-7-10-3-1-2-4-11(10)8-13/h1-6,9,13,18H,7-8,16H2,(H2,17,19,20). The molecule has 0 aromatic heterocycles. The summed E-state index contributed by atoms with van der Waals surface area (Å²) in [5.74, 6) is 0. The Morgan fingerprint density at radius 2 is 1.67 bits per heavy atom. The summed E-state index contributed by atoms with van der Waals surface area (Å²) in [6.07, 6.45) is 1.73. The summed E-state index contributed by atoms with van der Waals surface area (Å²) in [5.41, 5.74) is 9.12. The van der Waals surface area contributed by atoms with E-state index in [1.165, 1.54) is 17.2 Å². The van der Waals surface area contributed by atoms with Crippen LogP contribution in [0.2, 0.25) is 0 Å². The van der Waals surface area contributed by atoms with Gasteiger partial charge in [-0.25, -0.2) is 13.6 Å². The van der Waals surface area contributed by atoms with Crippen molar-refractivity contribution in [2.24, 2.45) is 5.14 Å². The molecule has 21 heavy (non-hydrogen) atoms. The molecule has 0 fully saturated rings. The SMILES string of the molecule is Nc1ccc(NC2Cc3ccccc3C2)c(S(N)(=O)=O)c1. The number of sulfonamides is 1. The first-order valence-electron chi connectivity index (χ1n) is 6.69. The van der Waals surface area contributed by atoms with E-state index in [4.69, 9.17) is 10.9 Å². The largest absolute Gasteiger partial charge is 0.399 e. The smallest absolute Gasteiger partial charge is 0.240 e. The highest BCUT2D eigenvalue weighted by molar-refractivity contribution is 7.89.